The molecule has 1 aliphatic heterocycles. The molecule has 0 radical (unpaired) electrons. The maximum Gasteiger partial charge on any atom is 0.424 e. The molecule has 3 atom stereocenters. The Kier molecular flexibility index (Phi) is 9.89. The first-order valence-electron chi connectivity index (χ1n) is 13.2. The van der Waals surface area contributed by atoms with Crippen molar-refractivity contribution in [1.82, 2.24) is 15.0 Å². The van der Waals surface area contributed by atoms with Crippen LogP contribution in [0.15, 0.2) is 78.9 Å². The first-order chi connectivity index (χ1) is 19.9. The second-order valence-electron chi connectivity index (χ2n) is 11.3. The van der Waals surface area contributed by atoms with Gasteiger partial charge in [-0.3, -0.25) is 4.79 Å². The number of hydrogen-bond acceptors (Lipinski definition) is 5. The average Bonchev–Trinajstić information content (AvgIpc) is 3.25. The van der Waals surface area contributed by atoms with Crippen molar-refractivity contribution in [3.8, 4) is 17.0 Å². The van der Waals surface area contributed by atoms with Gasteiger partial charge in [0.05, 0.1) is 33.5 Å². The number of aromatic nitrogens is 1. The zero-order valence-corrected chi connectivity index (χ0v) is 25.4. The molecule has 43 heavy (non-hydrogen) atoms. The molecule has 232 valence electrons. The lowest BCUT2D eigenvalue weighted by Gasteiger charge is -2.32. The van der Waals surface area contributed by atoms with Crippen LogP contribution in [0.2, 0.25) is 0 Å². The number of carbonyl (C=O) groups excluding carboxylic acids is 1. The van der Waals surface area contributed by atoms with Gasteiger partial charge >= 0.3 is 6.18 Å². The zero-order valence-electron chi connectivity index (χ0n) is 24.6. The Morgan fingerprint density at radius 1 is 1.21 bits per heavy atom. The van der Waals surface area contributed by atoms with Gasteiger partial charge in [-0.1, -0.05) is 37.0 Å². The third kappa shape index (κ3) is 7.31. The van der Waals surface area contributed by atoms with Crippen LogP contribution in [0.4, 0.5) is 17.6 Å². The number of benzene rings is 1. The molecule has 2 aromatic rings. The molecule has 3 rings (SSSR count). The summed E-state index contributed by atoms with van der Waals surface area (Å²) < 4.78 is 78.9. The molecule has 0 saturated carbocycles. The SMILES string of the molecule is C=C/C=C(C)/C=C(\C=C)C(=O)NC[C@@](O)(c1cc2c(c(-c3ccc(F)cc3)n1)OC[C@@]2(C)NS(=O)C(C)(C)C)C(F)(F)F. The molecule has 3 N–H and O–H groups in total. The van der Waals surface area contributed by atoms with Crippen LogP contribution in [0.5, 0.6) is 5.75 Å². The molecular formula is C31H35F4N3O4S. The van der Waals surface area contributed by atoms with Gasteiger partial charge in [-0.2, -0.15) is 13.2 Å². The van der Waals surface area contributed by atoms with E-state index in [1.807, 2.05) is 0 Å². The average molecular weight is 622 g/mol. The van der Waals surface area contributed by atoms with E-state index < -0.39 is 57.0 Å². The van der Waals surface area contributed by atoms with Crippen LogP contribution >= 0.6 is 0 Å². The van der Waals surface area contributed by atoms with Crippen molar-refractivity contribution in [2.75, 3.05) is 13.2 Å². The van der Waals surface area contributed by atoms with Crippen LogP contribution < -0.4 is 14.8 Å². The van der Waals surface area contributed by atoms with Crippen molar-refractivity contribution in [2.45, 2.75) is 56.7 Å². The number of fused-ring (bicyclic) bond motifs is 1. The van der Waals surface area contributed by atoms with Crippen molar-refractivity contribution >= 4 is 16.9 Å². The number of ether oxygens (including phenoxy) is 1. The smallest absolute Gasteiger partial charge is 0.424 e. The van der Waals surface area contributed by atoms with E-state index in [2.05, 4.69) is 28.2 Å². The van der Waals surface area contributed by atoms with Gasteiger partial charge in [0.15, 0.2) is 5.75 Å². The van der Waals surface area contributed by atoms with Gasteiger partial charge in [0, 0.05) is 16.7 Å². The highest BCUT2D eigenvalue weighted by Crippen LogP contribution is 2.47. The number of aliphatic hydroxyl groups is 1. The monoisotopic (exact) mass is 621 g/mol. The maximum absolute atomic E-state index is 14.7. The third-order valence-corrected chi connectivity index (χ3v) is 8.46. The van der Waals surface area contributed by atoms with E-state index in [1.165, 1.54) is 30.4 Å². The fraction of sp³-hybridized carbons (Fsp3) is 0.355. The van der Waals surface area contributed by atoms with E-state index >= 15 is 0 Å². The predicted molar refractivity (Wildman–Crippen MR) is 159 cm³/mol. The Morgan fingerprint density at radius 3 is 2.37 bits per heavy atom. The molecule has 1 amide bonds. The highest BCUT2D eigenvalue weighted by molar-refractivity contribution is 7.84. The van der Waals surface area contributed by atoms with E-state index in [1.54, 1.807) is 40.7 Å². The lowest BCUT2D eigenvalue weighted by atomic mass is 9.89. The van der Waals surface area contributed by atoms with E-state index in [-0.39, 0.29) is 34.8 Å². The number of halogens is 4. The molecule has 1 aromatic heterocycles. The van der Waals surface area contributed by atoms with E-state index in [4.69, 9.17) is 4.74 Å². The number of allylic oxidation sites excluding steroid dienone is 4. The second kappa shape index (κ2) is 12.6. The Morgan fingerprint density at radius 2 is 1.84 bits per heavy atom. The van der Waals surface area contributed by atoms with Gasteiger partial charge in [-0.25, -0.2) is 18.3 Å². The highest BCUT2D eigenvalue weighted by Gasteiger charge is 2.57. The number of carbonyl (C=O) groups is 1. The van der Waals surface area contributed by atoms with Gasteiger partial charge in [0.25, 0.3) is 5.91 Å². The summed E-state index contributed by atoms with van der Waals surface area (Å²) in [5.41, 5.74) is -4.94. The van der Waals surface area contributed by atoms with Crippen LogP contribution in [0, 0.1) is 5.82 Å². The molecule has 0 aliphatic carbocycles. The van der Waals surface area contributed by atoms with Crippen LogP contribution in [0.1, 0.15) is 45.9 Å². The molecule has 0 spiro atoms. The van der Waals surface area contributed by atoms with Gasteiger partial charge in [-0.05, 0) is 71.0 Å². The zero-order chi connectivity index (χ0) is 32.4. The molecule has 0 saturated heterocycles. The number of pyridine rings is 1. The standard InChI is InChI=1S/C31H35F4N3O4S/c1-8-10-19(3)15-20(9-2)27(39)36-17-30(40,31(33,34)35)24-16-23-26(25(37-24)21-11-13-22(32)14-12-21)42-18-29(23,7)38-43(41)28(4,5)6/h8-16,38,40H,1-2,17-18H2,3-7H3,(H,36,39)/b19-10+,20-15+/t29-,30-,43?/m1/s1. The minimum absolute atomic E-state index is 0.0381. The summed E-state index contributed by atoms with van der Waals surface area (Å²) in [5.74, 6) is -1.40. The number of alkyl halides is 3. The Bertz CT molecular complexity index is 1500. The Balaban J connectivity index is 2.19. The summed E-state index contributed by atoms with van der Waals surface area (Å²) in [6.07, 6.45) is 0.339. The van der Waals surface area contributed by atoms with Gasteiger partial charge in [-0.15, -0.1) is 0 Å². The van der Waals surface area contributed by atoms with E-state index in [0.29, 0.717) is 5.57 Å². The van der Waals surface area contributed by atoms with Crippen molar-refractivity contribution in [2.24, 2.45) is 0 Å². The van der Waals surface area contributed by atoms with Crippen molar-refractivity contribution < 1.29 is 36.4 Å². The normalized spacial score (nSPS) is 19.6. The van der Waals surface area contributed by atoms with Gasteiger partial charge in [0.2, 0.25) is 5.60 Å². The lowest BCUT2D eigenvalue weighted by molar-refractivity contribution is -0.265. The number of hydrogen-bond donors (Lipinski definition) is 3. The molecule has 0 fully saturated rings. The second-order valence-corrected chi connectivity index (χ2v) is 13.3. The predicted octanol–water partition coefficient (Wildman–Crippen LogP) is 5.66. The first kappa shape index (κ1) is 33.9. The molecule has 7 nitrogen and oxygen atoms in total. The van der Waals surface area contributed by atoms with E-state index in [0.717, 1.165) is 18.2 Å². The fourth-order valence-corrected chi connectivity index (χ4v) is 5.07. The van der Waals surface area contributed by atoms with Gasteiger partial charge < -0.3 is 15.2 Å². The molecule has 1 unspecified atom stereocenters. The minimum atomic E-state index is -5.31. The van der Waals surface area contributed by atoms with Gasteiger partial charge in [0.1, 0.15) is 18.1 Å². The summed E-state index contributed by atoms with van der Waals surface area (Å²) in [5, 5.41) is 13.4. The molecule has 1 aliphatic rings. The van der Waals surface area contributed by atoms with Crippen molar-refractivity contribution in [3.63, 3.8) is 0 Å². The molecule has 1 aromatic carbocycles. The molecule has 2 heterocycles. The van der Waals surface area contributed by atoms with Crippen molar-refractivity contribution in [1.29, 1.82) is 0 Å². The number of nitrogens with one attached hydrogen (secondary N) is 2. The van der Waals surface area contributed by atoms with Crippen LogP contribution in [-0.4, -0.2) is 44.3 Å². The Hall–Kier alpha value is -3.61. The third-order valence-electron chi connectivity index (χ3n) is 6.71. The van der Waals surface area contributed by atoms with Crippen molar-refractivity contribution in [3.05, 3.63) is 96.0 Å². The largest absolute Gasteiger partial charge is 0.489 e. The van der Waals surface area contributed by atoms with Crippen LogP contribution in [-0.2, 0) is 26.9 Å². The highest BCUT2D eigenvalue weighted by atomic mass is 32.2. The maximum atomic E-state index is 14.7. The topological polar surface area (TPSA) is 101 Å². The summed E-state index contributed by atoms with van der Waals surface area (Å²) in [6, 6.07) is 5.88. The summed E-state index contributed by atoms with van der Waals surface area (Å²) in [6.45, 7) is 14.1. The van der Waals surface area contributed by atoms with Crippen LogP contribution in [0.3, 0.4) is 0 Å². The molecule has 0 bridgehead atoms. The summed E-state index contributed by atoms with van der Waals surface area (Å²) in [4.78, 5) is 17.0. The van der Waals surface area contributed by atoms with E-state index in [9.17, 15) is 31.7 Å². The molecule has 12 heteroatoms. The summed E-state index contributed by atoms with van der Waals surface area (Å²) >= 11 is 0. The molecular weight excluding hydrogens is 586 g/mol. The number of rotatable bonds is 10. The lowest BCUT2D eigenvalue weighted by Crippen LogP contribution is -2.52. The fourth-order valence-electron chi connectivity index (χ4n) is 4.18. The Labute approximate surface area is 251 Å². The van der Waals surface area contributed by atoms with Crippen LogP contribution in [0.25, 0.3) is 11.3 Å². The number of nitrogens with zero attached hydrogens (tertiary/aromatic N) is 1. The first-order valence-corrected chi connectivity index (χ1v) is 14.4. The number of amides is 1. The summed E-state index contributed by atoms with van der Waals surface area (Å²) in [7, 11) is -1.66. The quantitative estimate of drug-likeness (QED) is 0.181. The minimum Gasteiger partial charge on any atom is -0.489 e.